The van der Waals surface area contributed by atoms with Crippen LogP contribution in [0, 0.1) is 11.6 Å². The maximum atomic E-state index is 13.2. The van der Waals surface area contributed by atoms with Gasteiger partial charge in [0, 0.05) is 17.4 Å². The second-order valence-electron chi connectivity index (χ2n) is 5.82. The van der Waals surface area contributed by atoms with Crippen LogP contribution in [0.25, 0.3) is 0 Å². The Labute approximate surface area is 156 Å². The maximum Gasteiger partial charge on any atom is 0.265 e. The molecule has 2 aromatic rings. The zero-order valence-electron chi connectivity index (χ0n) is 14.8. The summed E-state index contributed by atoms with van der Waals surface area (Å²) in [5, 5.41) is 2.59. The van der Waals surface area contributed by atoms with Crippen LogP contribution in [0.3, 0.4) is 0 Å². The summed E-state index contributed by atoms with van der Waals surface area (Å²) in [7, 11) is -3.39. The fraction of sp³-hybridized carbons (Fsp3) is 0.278. The van der Waals surface area contributed by atoms with Gasteiger partial charge in [0.15, 0.2) is 17.7 Å². The van der Waals surface area contributed by atoms with E-state index in [1.54, 1.807) is 6.92 Å². The van der Waals surface area contributed by atoms with E-state index in [2.05, 4.69) is 10.0 Å². The average molecular weight is 398 g/mol. The number of carbonyl (C=O) groups excluding carboxylic acids is 1. The van der Waals surface area contributed by atoms with Crippen molar-refractivity contribution < 1.29 is 26.7 Å². The summed E-state index contributed by atoms with van der Waals surface area (Å²) in [5.41, 5.74) is 0.812. The van der Waals surface area contributed by atoms with E-state index in [9.17, 15) is 22.0 Å². The Hall–Kier alpha value is -2.68. The molecule has 0 heterocycles. The van der Waals surface area contributed by atoms with Gasteiger partial charge in [-0.25, -0.2) is 17.2 Å². The summed E-state index contributed by atoms with van der Waals surface area (Å²) in [4.78, 5) is 12.2. The minimum atomic E-state index is -3.39. The Morgan fingerprint density at radius 3 is 2.30 bits per heavy atom. The Bertz CT molecular complexity index is 902. The summed E-state index contributed by atoms with van der Waals surface area (Å²) < 4.78 is 57.3. The molecule has 1 unspecified atom stereocenters. The Kier molecular flexibility index (Phi) is 6.73. The molecule has 146 valence electrons. The maximum absolute atomic E-state index is 13.2. The second kappa shape index (κ2) is 8.81. The Balaban J connectivity index is 1.95. The predicted molar refractivity (Wildman–Crippen MR) is 99.2 cm³/mol. The van der Waals surface area contributed by atoms with E-state index in [4.69, 9.17) is 4.74 Å². The van der Waals surface area contributed by atoms with Crippen molar-refractivity contribution in [3.63, 3.8) is 0 Å². The fourth-order valence-corrected chi connectivity index (χ4v) is 3.31. The first kappa shape index (κ1) is 20.6. The van der Waals surface area contributed by atoms with Gasteiger partial charge in [0.2, 0.25) is 10.0 Å². The van der Waals surface area contributed by atoms with Crippen LogP contribution in [-0.4, -0.2) is 26.2 Å². The molecule has 2 rings (SSSR count). The molecule has 0 aliphatic heterocycles. The van der Waals surface area contributed by atoms with E-state index in [1.165, 1.54) is 37.3 Å². The minimum absolute atomic E-state index is 0.0182. The van der Waals surface area contributed by atoms with Crippen molar-refractivity contribution in [2.24, 2.45) is 0 Å². The summed E-state index contributed by atoms with van der Waals surface area (Å²) in [6, 6.07) is 9.09. The molecule has 0 bridgehead atoms. The molecule has 0 aliphatic carbocycles. The number of benzene rings is 2. The highest BCUT2D eigenvalue weighted by Gasteiger charge is 2.16. The molecule has 0 saturated heterocycles. The van der Waals surface area contributed by atoms with Crippen molar-refractivity contribution >= 4 is 27.3 Å². The van der Waals surface area contributed by atoms with Gasteiger partial charge in [-0.15, -0.1) is 0 Å². The third-order valence-corrected chi connectivity index (χ3v) is 4.96. The lowest BCUT2D eigenvalue weighted by molar-refractivity contribution is -0.122. The van der Waals surface area contributed by atoms with Gasteiger partial charge >= 0.3 is 0 Å². The van der Waals surface area contributed by atoms with E-state index >= 15 is 0 Å². The molecule has 0 spiro atoms. The van der Waals surface area contributed by atoms with Crippen molar-refractivity contribution in [1.82, 2.24) is 0 Å². The lowest BCUT2D eigenvalue weighted by Gasteiger charge is -2.15. The summed E-state index contributed by atoms with van der Waals surface area (Å²) >= 11 is 0. The zero-order valence-corrected chi connectivity index (χ0v) is 15.6. The molecule has 0 saturated carbocycles. The molecule has 0 aliphatic rings. The topological polar surface area (TPSA) is 84.5 Å². The number of carbonyl (C=O) groups is 1. The number of rotatable bonds is 8. The van der Waals surface area contributed by atoms with E-state index < -0.39 is 33.7 Å². The van der Waals surface area contributed by atoms with E-state index in [-0.39, 0.29) is 11.5 Å². The number of halogens is 2. The standard InChI is InChI=1S/C18H20F2N2O4S/c1-3-10-27(24,25)22-14-6-4-13(5-7-14)21-18(23)12(2)26-15-8-9-16(19)17(20)11-15/h4-9,11-12,22H,3,10H2,1-2H3,(H,21,23). The first-order valence-electron chi connectivity index (χ1n) is 8.23. The van der Waals surface area contributed by atoms with Crippen molar-refractivity contribution in [3.8, 4) is 5.75 Å². The quantitative estimate of drug-likeness (QED) is 0.713. The molecule has 0 aromatic heterocycles. The number of nitrogens with one attached hydrogen (secondary N) is 2. The normalized spacial score (nSPS) is 12.3. The number of hydrogen-bond acceptors (Lipinski definition) is 4. The molecule has 6 nitrogen and oxygen atoms in total. The van der Waals surface area contributed by atoms with E-state index in [1.807, 2.05) is 0 Å². The lowest BCUT2D eigenvalue weighted by atomic mass is 10.2. The number of ether oxygens (including phenoxy) is 1. The predicted octanol–water partition coefficient (Wildman–Crippen LogP) is 3.52. The largest absolute Gasteiger partial charge is 0.481 e. The van der Waals surface area contributed by atoms with Crippen LogP contribution in [0.5, 0.6) is 5.75 Å². The zero-order chi connectivity index (χ0) is 20.0. The van der Waals surface area contributed by atoms with Gasteiger partial charge < -0.3 is 10.1 Å². The first-order chi connectivity index (χ1) is 12.7. The van der Waals surface area contributed by atoms with Crippen LogP contribution in [0.2, 0.25) is 0 Å². The second-order valence-corrected chi connectivity index (χ2v) is 7.67. The van der Waals surface area contributed by atoms with E-state index in [0.717, 1.165) is 12.1 Å². The molecule has 2 N–H and O–H groups in total. The molecule has 27 heavy (non-hydrogen) atoms. The highest BCUT2D eigenvalue weighted by atomic mass is 32.2. The van der Waals surface area contributed by atoms with Gasteiger partial charge in [0.25, 0.3) is 5.91 Å². The van der Waals surface area contributed by atoms with Gasteiger partial charge in [-0.2, -0.15) is 0 Å². The van der Waals surface area contributed by atoms with Crippen LogP contribution in [-0.2, 0) is 14.8 Å². The third kappa shape index (κ3) is 6.21. The number of anilines is 2. The van der Waals surface area contributed by atoms with E-state index in [0.29, 0.717) is 17.8 Å². The van der Waals surface area contributed by atoms with Gasteiger partial charge in [-0.05, 0) is 49.7 Å². The molecular formula is C18H20F2N2O4S. The monoisotopic (exact) mass is 398 g/mol. The van der Waals surface area contributed by atoms with Crippen LogP contribution in [0.1, 0.15) is 20.3 Å². The molecular weight excluding hydrogens is 378 g/mol. The molecule has 1 amide bonds. The van der Waals surface area contributed by atoms with Crippen molar-refractivity contribution in [1.29, 1.82) is 0 Å². The summed E-state index contributed by atoms with van der Waals surface area (Å²) in [5.74, 6) is -2.53. The molecule has 1 atom stereocenters. The Morgan fingerprint density at radius 1 is 1.07 bits per heavy atom. The summed E-state index contributed by atoms with van der Waals surface area (Å²) in [6.07, 6.45) is -0.461. The Morgan fingerprint density at radius 2 is 1.70 bits per heavy atom. The van der Waals surface area contributed by atoms with Crippen LogP contribution in [0.4, 0.5) is 20.2 Å². The van der Waals surface area contributed by atoms with Crippen LogP contribution < -0.4 is 14.8 Å². The molecule has 0 fully saturated rings. The highest BCUT2D eigenvalue weighted by Crippen LogP contribution is 2.18. The van der Waals surface area contributed by atoms with Crippen molar-refractivity contribution in [2.45, 2.75) is 26.4 Å². The first-order valence-corrected chi connectivity index (χ1v) is 9.88. The van der Waals surface area contributed by atoms with Crippen LogP contribution >= 0.6 is 0 Å². The van der Waals surface area contributed by atoms with Gasteiger partial charge in [0.1, 0.15) is 5.75 Å². The van der Waals surface area contributed by atoms with Crippen LogP contribution in [0.15, 0.2) is 42.5 Å². The SMILES string of the molecule is CCCS(=O)(=O)Nc1ccc(NC(=O)C(C)Oc2ccc(F)c(F)c2)cc1. The van der Waals surface area contributed by atoms with Crippen molar-refractivity contribution in [3.05, 3.63) is 54.1 Å². The average Bonchev–Trinajstić information content (AvgIpc) is 2.59. The van der Waals surface area contributed by atoms with Gasteiger partial charge in [-0.3, -0.25) is 9.52 Å². The van der Waals surface area contributed by atoms with Gasteiger partial charge in [0.05, 0.1) is 5.75 Å². The number of sulfonamides is 1. The molecule has 9 heteroatoms. The summed E-state index contributed by atoms with van der Waals surface area (Å²) in [6.45, 7) is 3.23. The minimum Gasteiger partial charge on any atom is -0.481 e. The number of amides is 1. The third-order valence-electron chi connectivity index (χ3n) is 3.47. The smallest absolute Gasteiger partial charge is 0.265 e. The highest BCUT2D eigenvalue weighted by molar-refractivity contribution is 7.92. The fourth-order valence-electron chi connectivity index (χ4n) is 2.17. The molecule has 2 aromatic carbocycles. The lowest BCUT2D eigenvalue weighted by Crippen LogP contribution is -2.30. The van der Waals surface area contributed by atoms with Gasteiger partial charge in [-0.1, -0.05) is 6.92 Å². The molecule has 0 radical (unpaired) electrons. The number of hydrogen-bond donors (Lipinski definition) is 2. The van der Waals surface area contributed by atoms with Crippen molar-refractivity contribution in [2.75, 3.05) is 15.8 Å².